The highest BCUT2D eigenvalue weighted by Gasteiger charge is 2.70. The molecule has 0 aromatic heterocycles. The lowest BCUT2D eigenvalue weighted by Crippen LogP contribution is -2.62. The molecule has 3 aliphatic rings. The van der Waals surface area contributed by atoms with E-state index in [1.165, 1.54) is 4.90 Å². The van der Waals surface area contributed by atoms with Crippen LogP contribution in [0.5, 0.6) is 0 Å². The third-order valence-electron chi connectivity index (χ3n) is 9.34. The van der Waals surface area contributed by atoms with Crippen molar-refractivity contribution < 1.29 is 33.5 Å². The number of amides is 6. The van der Waals surface area contributed by atoms with Crippen molar-refractivity contribution in [1.82, 2.24) is 26.2 Å². The van der Waals surface area contributed by atoms with E-state index in [2.05, 4.69) is 21.3 Å². The molecule has 3 unspecified atom stereocenters. The Bertz CT molecular complexity index is 1150. The van der Waals surface area contributed by atoms with Crippen molar-refractivity contribution in [3.05, 3.63) is 0 Å². The summed E-state index contributed by atoms with van der Waals surface area (Å²) in [6.07, 6.45) is 1.57. The van der Waals surface area contributed by atoms with Gasteiger partial charge in [0.1, 0.15) is 18.7 Å². The normalized spacial score (nSPS) is 24.2. The molecule has 44 heavy (non-hydrogen) atoms. The number of likely N-dealkylation sites (tertiary alicyclic amines) is 1. The topological polar surface area (TPSA) is 189 Å². The van der Waals surface area contributed by atoms with Crippen LogP contribution in [0.4, 0.5) is 9.59 Å². The van der Waals surface area contributed by atoms with E-state index in [-0.39, 0.29) is 29.8 Å². The molecule has 1 saturated heterocycles. The van der Waals surface area contributed by atoms with Crippen LogP contribution in [-0.2, 0) is 23.9 Å². The summed E-state index contributed by atoms with van der Waals surface area (Å²) in [6, 6.07) is -4.08. The van der Waals surface area contributed by atoms with Crippen LogP contribution in [0, 0.1) is 34.0 Å². The van der Waals surface area contributed by atoms with Crippen molar-refractivity contribution in [2.75, 3.05) is 19.7 Å². The fraction of sp³-hybridized carbons (Fsp3) is 0.806. The van der Waals surface area contributed by atoms with E-state index in [9.17, 15) is 28.8 Å². The van der Waals surface area contributed by atoms with Gasteiger partial charge in [0.05, 0.1) is 12.1 Å². The Kier molecular flexibility index (Phi) is 10.3. The van der Waals surface area contributed by atoms with Crippen molar-refractivity contribution >= 4 is 35.6 Å². The summed E-state index contributed by atoms with van der Waals surface area (Å²) in [5, 5.41) is 11.0. The zero-order valence-corrected chi connectivity index (χ0v) is 27.7. The lowest BCUT2D eigenvalue weighted by Gasteiger charge is -2.38. The highest BCUT2D eigenvalue weighted by Crippen LogP contribution is 2.65. The molecule has 2 saturated carbocycles. The van der Waals surface area contributed by atoms with Gasteiger partial charge in [0.25, 0.3) is 5.91 Å². The van der Waals surface area contributed by atoms with Gasteiger partial charge in [0.2, 0.25) is 17.6 Å². The minimum absolute atomic E-state index is 0.0713. The van der Waals surface area contributed by atoms with Crippen molar-refractivity contribution in [2.45, 2.75) is 106 Å². The second kappa shape index (κ2) is 12.9. The minimum atomic E-state index is -1.10. The van der Waals surface area contributed by atoms with E-state index in [0.29, 0.717) is 19.5 Å². The molecule has 0 aromatic rings. The summed E-state index contributed by atoms with van der Waals surface area (Å²) in [4.78, 5) is 79.0. The summed E-state index contributed by atoms with van der Waals surface area (Å²) in [6.45, 7) is 17.7. The van der Waals surface area contributed by atoms with Gasteiger partial charge in [-0.25, -0.2) is 9.59 Å². The minimum Gasteiger partial charge on any atom is -0.447 e. The molecule has 13 heteroatoms. The van der Waals surface area contributed by atoms with Gasteiger partial charge in [0.15, 0.2) is 0 Å². The monoisotopic (exact) mass is 620 g/mol. The smallest absolute Gasteiger partial charge is 0.407 e. The van der Waals surface area contributed by atoms with Gasteiger partial charge in [0, 0.05) is 13.1 Å². The number of fused-ring (bicyclic) bond motifs is 1. The molecule has 0 spiro atoms. The first-order valence-electron chi connectivity index (χ1n) is 15.6. The highest BCUT2D eigenvalue weighted by molar-refractivity contribution is 6.37. The SMILES string of the molecule is CCNC(=O)OC[C@H](NC(=O)N[C@H](C(=O)N1CC2C([C@H]1C(=O)NC(CC1CC1)C(=O)C(N)=O)C2(C)C)C(C)(C)C)C(C)(C)C. The third-order valence-corrected chi connectivity index (χ3v) is 9.34. The molecule has 1 heterocycles. The number of hydrogen-bond acceptors (Lipinski definition) is 7. The van der Waals surface area contributed by atoms with Gasteiger partial charge in [-0.05, 0) is 47.3 Å². The van der Waals surface area contributed by atoms with Gasteiger partial charge >= 0.3 is 12.1 Å². The first-order chi connectivity index (χ1) is 20.2. The number of urea groups is 1. The van der Waals surface area contributed by atoms with Crippen LogP contribution in [0.1, 0.15) is 81.6 Å². The van der Waals surface area contributed by atoms with Gasteiger partial charge in [-0.2, -0.15) is 0 Å². The summed E-state index contributed by atoms with van der Waals surface area (Å²) in [5.74, 6) is -2.68. The van der Waals surface area contributed by atoms with Crippen LogP contribution in [-0.4, -0.2) is 84.4 Å². The second-order valence-corrected chi connectivity index (χ2v) is 15.3. The zero-order chi connectivity index (χ0) is 33.4. The van der Waals surface area contributed by atoms with Crippen molar-refractivity contribution in [1.29, 1.82) is 0 Å². The van der Waals surface area contributed by atoms with E-state index in [4.69, 9.17) is 10.5 Å². The van der Waals surface area contributed by atoms with Crippen molar-refractivity contribution in [3.63, 3.8) is 0 Å². The Morgan fingerprint density at radius 3 is 2.07 bits per heavy atom. The second-order valence-electron chi connectivity index (χ2n) is 15.3. The average molecular weight is 621 g/mol. The molecule has 6 N–H and O–H groups in total. The Balaban J connectivity index is 1.79. The fourth-order valence-electron chi connectivity index (χ4n) is 6.17. The number of ketones is 1. The average Bonchev–Trinajstić information content (AvgIpc) is 3.74. The van der Waals surface area contributed by atoms with Crippen molar-refractivity contribution in [3.8, 4) is 0 Å². The Morgan fingerprint density at radius 2 is 1.57 bits per heavy atom. The molecule has 0 aromatic carbocycles. The maximum atomic E-state index is 14.2. The molecule has 0 bridgehead atoms. The van der Waals surface area contributed by atoms with Crippen LogP contribution in [0.2, 0.25) is 0 Å². The molecule has 3 rings (SSSR count). The van der Waals surface area contributed by atoms with Crippen LogP contribution >= 0.6 is 0 Å². The van der Waals surface area contributed by atoms with Crippen LogP contribution in [0.15, 0.2) is 0 Å². The lowest BCUT2D eigenvalue weighted by molar-refractivity contribution is -0.145. The molecular weight excluding hydrogens is 568 g/mol. The fourth-order valence-corrected chi connectivity index (χ4v) is 6.17. The number of hydrogen-bond donors (Lipinski definition) is 5. The van der Waals surface area contributed by atoms with E-state index in [1.54, 1.807) is 6.92 Å². The Hall–Kier alpha value is -3.38. The number of piperidine rings is 1. The molecule has 13 nitrogen and oxygen atoms in total. The third kappa shape index (κ3) is 8.20. The number of carbonyl (C=O) groups is 6. The number of nitrogens with two attached hydrogens (primary N) is 1. The molecule has 6 atom stereocenters. The van der Waals surface area contributed by atoms with Crippen LogP contribution < -0.4 is 27.0 Å². The summed E-state index contributed by atoms with van der Waals surface area (Å²) >= 11 is 0. The number of nitrogens with one attached hydrogen (secondary N) is 4. The Labute approximate surface area is 260 Å². The van der Waals surface area contributed by atoms with E-state index < -0.39 is 70.6 Å². The van der Waals surface area contributed by atoms with E-state index >= 15 is 0 Å². The summed E-state index contributed by atoms with van der Waals surface area (Å²) in [5.41, 5.74) is 3.88. The van der Waals surface area contributed by atoms with Crippen LogP contribution in [0.3, 0.4) is 0 Å². The van der Waals surface area contributed by atoms with E-state index in [1.807, 2.05) is 55.4 Å². The van der Waals surface area contributed by atoms with E-state index in [0.717, 1.165) is 12.8 Å². The first kappa shape index (κ1) is 35.1. The Morgan fingerprint density at radius 1 is 0.955 bits per heavy atom. The molecule has 1 aliphatic heterocycles. The predicted octanol–water partition coefficient (Wildman–Crippen LogP) is 1.68. The maximum absolute atomic E-state index is 14.2. The summed E-state index contributed by atoms with van der Waals surface area (Å²) < 4.78 is 5.28. The van der Waals surface area contributed by atoms with Gasteiger partial charge in [-0.1, -0.05) is 68.2 Å². The van der Waals surface area contributed by atoms with Crippen molar-refractivity contribution in [2.24, 2.45) is 39.7 Å². The van der Waals surface area contributed by atoms with Crippen LogP contribution in [0.25, 0.3) is 0 Å². The molecule has 3 fully saturated rings. The summed E-state index contributed by atoms with van der Waals surface area (Å²) in [7, 11) is 0. The quantitative estimate of drug-likeness (QED) is 0.205. The largest absolute Gasteiger partial charge is 0.447 e. The number of alkyl carbamates (subject to hydrolysis) is 1. The number of nitrogens with zero attached hydrogens (tertiary/aromatic N) is 1. The zero-order valence-electron chi connectivity index (χ0n) is 27.7. The number of rotatable bonds is 12. The predicted molar refractivity (Wildman–Crippen MR) is 163 cm³/mol. The molecule has 248 valence electrons. The van der Waals surface area contributed by atoms with Gasteiger partial charge in [-0.3, -0.25) is 19.2 Å². The number of ether oxygens (including phenoxy) is 1. The molecular formula is C31H52N6O7. The maximum Gasteiger partial charge on any atom is 0.407 e. The molecule has 6 amide bonds. The molecule has 2 aliphatic carbocycles. The molecule has 0 radical (unpaired) electrons. The van der Waals surface area contributed by atoms with Gasteiger partial charge < -0.3 is 36.6 Å². The number of Topliss-reactive ketones (excluding diaryl/α,β-unsaturated/α-hetero) is 1. The highest BCUT2D eigenvalue weighted by atomic mass is 16.5. The van der Waals surface area contributed by atoms with Gasteiger partial charge in [-0.15, -0.1) is 0 Å². The standard InChI is InChI=1S/C31H52N6O7/c1-10-33-28(43)44-15-19(29(2,3)4)35-27(42)36-23(30(5,6)7)26(41)37-14-17-20(31(17,8)9)21(37)25(40)34-18(13-16-11-12-16)22(38)24(32)39/h16-21,23H,10-15H2,1-9H3,(H2,32,39)(H,33,43)(H,34,40)(H2,35,36,42)/t17?,18?,19-,20?,21-,23+/m0/s1. The number of primary amides is 1. The first-order valence-corrected chi connectivity index (χ1v) is 15.6. The lowest BCUT2D eigenvalue weighted by atomic mass is 9.85. The number of carbonyl (C=O) groups excluding carboxylic acids is 6.